The van der Waals surface area contributed by atoms with Gasteiger partial charge in [0, 0.05) is 53.6 Å². The van der Waals surface area contributed by atoms with Crippen molar-refractivity contribution in [2.45, 2.75) is 0 Å². The van der Waals surface area contributed by atoms with Gasteiger partial charge < -0.3 is 0 Å². The van der Waals surface area contributed by atoms with Gasteiger partial charge in [-0.25, -0.2) is 29.9 Å². The van der Waals surface area contributed by atoms with Crippen LogP contribution in [0.2, 0.25) is 0 Å². The Bertz CT molecular complexity index is 3240. The van der Waals surface area contributed by atoms with Crippen molar-refractivity contribution in [3.05, 3.63) is 206 Å². The van der Waals surface area contributed by atoms with Gasteiger partial charge >= 0.3 is 0 Å². The highest BCUT2D eigenvalue weighted by Crippen LogP contribution is 2.46. The molecule has 0 N–H and O–H groups in total. The zero-order chi connectivity index (χ0) is 40.5. The van der Waals surface area contributed by atoms with Crippen LogP contribution in [-0.4, -0.2) is 29.9 Å². The molecule has 8 aromatic carbocycles. The summed E-state index contributed by atoms with van der Waals surface area (Å²) in [5, 5.41) is 2.43. The Morgan fingerprint density at radius 1 is 0.262 bits per heavy atom. The molecule has 3 heterocycles. The molecule has 0 amide bonds. The topological polar surface area (TPSA) is 77.3 Å². The second-order valence-corrected chi connectivity index (χ2v) is 15.8. The number of fused-ring (bicyclic) bond motifs is 3. The predicted octanol–water partition coefficient (Wildman–Crippen LogP) is 13.8. The van der Waals surface area contributed by atoms with Gasteiger partial charge in [-0.05, 0) is 46.5 Å². The molecule has 0 saturated heterocycles. The van der Waals surface area contributed by atoms with Gasteiger partial charge in [0.15, 0.2) is 34.9 Å². The van der Waals surface area contributed by atoms with E-state index in [4.69, 9.17) is 29.9 Å². The van der Waals surface area contributed by atoms with E-state index in [0.29, 0.717) is 34.9 Å². The Kier molecular flexibility index (Phi) is 9.26. The summed E-state index contributed by atoms with van der Waals surface area (Å²) in [6.45, 7) is 0. The van der Waals surface area contributed by atoms with Crippen LogP contribution in [0.25, 0.3) is 111 Å². The van der Waals surface area contributed by atoms with Crippen LogP contribution in [0.15, 0.2) is 206 Å². The van der Waals surface area contributed by atoms with Crippen LogP contribution in [0.1, 0.15) is 0 Å². The fourth-order valence-electron chi connectivity index (χ4n) is 7.87. The van der Waals surface area contributed by atoms with Crippen LogP contribution in [0.5, 0.6) is 0 Å². The Labute approximate surface area is 356 Å². The van der Waals surface area contributed by atoms with Crippen LogP contribution in [0, 0.1) is 0 Å². The van der Waals surface area contributed by atoms with E-state index in [1.807, 2.05) is 133 Å². The van der Waals surface area contributed by atoms with Crippen molar-refractivity contribution in [1.29, 1.82) is 0 Å². The molecule has 0 aliphatic rings. The molecule has 0 radical (unpaired) electrons. The average molecular weight is 799 g/mol. The number of hydrogen-bond donors (Lipinski definition) is 0. The highest BCUT2D eigenvalue weighted by atomic mass is 32.1. The summed E-state index contributed by atoms with van der Waals surface area (Å²) < 4.78 is 2.46. The van der Waals surface area contributed by atoms with Crippen molar-refractivity contribution in [2.24, 2.45) is 0 Å². The average Bonchev–Trinajstić information content (AvgIpc) is 3.73. The van der Waals surface area contributed by atoms with Crippen molar-refractivity contribution in [3.8, 4) is 90.6 Å². The standard InChI is InChI=1S/C54H34N6S/c1-5-17-35(18-6-1)49-55-50(36-19-7-2-8-20-36)58-53(57-49)41-27-15-25-39(33-41)43-31-32-46-48(44-29-13-14-30-45(44)61-46)47(43)40-26-16-28-42(34-40)54-59-51(37-21-9-3-10-22-37)56-52(60-54)38-23-11-4-12-24-38/h1-34H. The lowest BCUT2D eigenvalue weighted by Crippen LogP contribution is -2.00. The molecule has 0 unspecified atom stereocenters. The summed E-state index contributed by atoms with van der Waals surface area (Å²) in [5.74, 6) is 3.73. The molecule has 3 aromatic heterocycles. The molecule has 6 nitrogen and oxygen atoms in total. The van der Waals surface area contributed by atoms with Crippen LogP contribution in [0.3, 0.4) is 0 Å². The minimum atomic E-state index is 0.610. The predicted molar refractivity (Wildman–Crippen MR) is 250 cm³/mol. The van der Waals surface area contributed by atoms with E-state index in [1.165, 1.54) is 20.2 Å². The summed E-state index contributed by atoms with van der Waals surface area (Å²) in [6.07, 6.45) is 0. The number of nitrogens with zero attached hydrogens (tertiary/aromatic N) is 6. The van der Waals surface area contributed by atoms with Crippen LogP contribution < -0.4 is 0 Å². The lowest BCUT2D eigenvalue weighted by molar-refractivity contribution is 1.07. The second-order valence-electron chi connectivity index (χ2n) is 14.7. The molecule has 0 spiro atoms. The van der Waals surface area contributed by atoms with Gasteiger partial charge in [-0.3, -0.25) is 0 Å². The Morgan fingerprint density at radius 2 is 0.623 bits per heavy atom. The smallest absolute Gasteiger partial charge is 0.164 e. The number of rotatable bonds is 8. The zero-order valence-electron chi connectivity index (χ0n) is 32.7. The summed E-state index contributed by atoms with van der Waals surface area (Å²) in [7, 11) is 0. The molecule has 0 atom stereocenters. The highest BCUT2D eigenvalue weighted by Gasteiger charge is 2.20. The molecule has 0 bridgehead atoms. The molecular formula is C54H34N6S. The van der Waals surface area contributed by atoms with E-state index in [0.717, 1.165) is 55.6 Å². The molecule has 11 aromatic rings. The quantitative estimate of drug-likeness (QED) is 0.152. The van der Waals surface area contributed by atoms with Crippen molar-refractivity contribution < 1.29 is 0 Å². The molecule has 0 saturated carbocycles. The normalized spacial score (nSPS) is 11.3. The first-order chi connectivity index (χ1) is 30.2. The number of benzene rings is 8. The Hall–Kier alpha value is -8.00. The van der Waals surface area contributed by atoms with E-state index in [2.05, 4.69) is 84.9 Å². The zero-order valence-corrected chi connectivity index (χ0v) is 33.5. The molecular weight excluding hydrogens is 765 g/mol. The summed E-state index contributed by atoms with van der Waals surface area (Å²) in [4.78, 5) is 30.2. The van der Waals surface area contributed by atoms with Crippen LogP contribution in [0.4, 0.5) is 0 Å². The van der Waals surface area contributed by atoms with Gasteiger partial charge in [-0.2, -0.15) is 0 Å². The van der Waals surface area contributed by atoms with E-state index in [1.54, 1.807) is 0 Å². The van der Waals surface area contributed by atoms with Crippen molar-refractivity contribution >= 4 is 31.5 Å². The molecule has 0 fully saturated rings. The second kappa shape index (κ2) is 15.6. The van der Waals surface area contributed by atoms with Gasteiger partial charge in [-0.15, -0.1) is 11.3 Å². The maximum Gasteiger partial charge on any atom is 0.164 e. The van der Waals surface area contributed by atoms with Crippen molar-refractivity contribution in [1.82, 2.24) is 29.9 Å². The van der Waals surface area contributed by atoms with Crippen LogP contribution in [-0.2, 0) is 0 Å². The van der Waals surface area contributed by atoms with E-state index in [-0.39, 0.29) is 0 Å². The van der Waals surface area contributed by atoms with Crippen molar-refractivity contribution in [3.63, 3.8) is 0 Å². The summed E-state index contributed by atoms with van der Waals surface area (Å²) in [6, 6.07) is 70.7. The minimum absolute atomic E-state index is 0.610. The van der Waals surface area contributed by atoms with Gasteiger partial charge in [-0.1, -0.05) is 182 Å². The van der Waals surface area contributed by atoms with Gasteiger partial charge in [0.05, 0.1) is 0 Å². The third kappa shape index (κ3) is 7.03. The maximum atomic E-state index is 5.08. The first-order valence-electron chi connectivity index (χ1n) is 20.1. The third-order valence-electron chi connectivity index (χ3n) is 10.8. The monoisotopic (exact) mass is 798 g/mol. The van der Waals surface area contributed by atoms with Crippen LogP contribution >= 0.6 is 11.3 Å². The first-order valence-corrected chi connectivity index (χ1v) is 20.9. The number of aromatic nitrogens is 6. The molecule has 11 rings (SSSR count). The van der Waals surface area contributed by atoms with Gasteiger partial charge in [0.2, 0.25) is 0 Å². The van der Waals surface area contributed by atoms with E-state index < -0.39 is 0 Å². The highest BCUT2D eigenvalue weighted by molar-refractivity contribution is 7.26. The number of thiophene rings is 1. The molecule has 0 aliphatic heterocycles. The lowest BCUT2D eigenvalue weighted by atomic mass is 9.89. The third-order valence-corrected chi connectivity index (χ3v) is 11.9. The van der Waals surface area contributed by atoms with E-state index >= 15 is 0 Å². The summed E-state index contributed by atoms with van der Waals surface area (Å²) >= 11 is 1.81. The maximum absolute atomic E-state index is 5.08. The van der Waals surface area contributed by atoms with Gasteiger partial charge in [0.25, 0.3) is 0 Å². The first kappa shape index (κ1) is 36.1. The lowest BCUT2D eigenvalue weighted by Gasteiger charge is -2.15. The fraction of sp³-hybridized carbons (Fsp3) is 0. The molecule has 61 heavy (non-hydrogen) atoms. The molecule has 0 aliphatic carbocycles. The summed E-state index contributed by atoms with van der Waals surface area (Å²) in [5.41, 5.74) is 9.88. The molecule has 7 heteroatoms. The van der Waals surface area contributed by atoms with E-state index in [9.17, 15) is 0 Å². The Balaban J connectivity index is 1.10. The largest absolute Gasteiger partial charge is 0.208 e. The molecule has 286 valence electrons. The number of hydrogen-bond acceptors (Lipinski definition) is 7. The van der Waals surface area contributed by atoms with Crippen molar-refractivity contribution in [2.75, 3.05) is 0 Å². The SMILES string of the molecule is c1ccc(-c2nc(-c3ccccc3)nc(-c3cccc(-c4ccc5sc6ccccc6c5c4-c4cccc(-c5nc(-c6ccccc6)nc(-c6ccccc6)n5)c4)c3)n2)cc1. The van der Waals surface area contributed by atoms with Gasteiger partial charge in [0.1, 0.15) is 0 Å². The Morgan fingerprint density at radius 3 is 1.10 bits per heavy atom. The fourth-order valence-corrected chi connectivity index (χ4v) is 8.99. The minimum Gasteiger partial charge on any atom is -0.208 e.